The Labute approximate surface area is 162 Å². The lowest BCUT2D eigenvalue weighted by atomic mass is 10.0. The Kier molecular flexibility index (Phi) is 5.73. The van der Waals surface area contributed by atoms with Crippen molar-refractivity contribution in [3.05, 3.63) is 71.8 Å². The third-order valence-corrected chi connectivity index (χ3v) is 5.68. The second-order valence-electron chi connectivity index (χ2n) is 7.67. The molecule has 2 aromatic rings. The van der Waals surface area contributed by atoms with Gasteiger partial charge in [0.15, 0.2) is 0 Å². The number of hydrogen-bond donors (Lipinski definition) is 1. The van der Waals surface area contributed by atoms with E-state index < -0.39 is 0 Å². The van der Waals surface area contributed by atoms with Crippen molar-refractivity contribution >= 4 is 6.03 Å². The molecule has 0 aromatic heterocycles. The Morgan fingerprint density at radius 3 is 2.37 bits per heavy atom. The molecule has 1 aliphatic heterocycles. The zero-order valence-electron chi connectivity index (χ0n) is 15.9. The Bertz CT molecular complexity index is 730. The maximum Gasteiger partial charge on any atom is 0.318 e. The van der Waals surface area contributed by atoms with Crippen LogP contribution in [0.5, 0.6) is 0 Å². The number of piperazine rings is 1. The normalized spacial score (nSPS) is 20.4. The van der Waals surface area contributed by atoms with Gasteiger partial charge in [0.25, 0.3) is 0 Å². The second-order valence-corrected chi connectivity index (χ2v) is 7.67. The van der Waals surface area contributed by atoms with Crippen LogP contribution in [0.25, 0.3) is 0 Å². The first-order valence-corrected chi connectivity index (χ1v) is 10.2. The molecule has 0 radical (unpaired) electrons. The fourth-order valence-corrected chi connectivity index (χ4v) is 4.01. The van der Waals surface area contributed by atoms with Crippen LogP contribution in [-0.2, 0) is 6.42 Å². The first kappa shape index (κ1) is 18.1. The SMILES string of the molecule is O=C(NCCCc1ccccc1)N1CCN(C2CC2)CC1c1ccccc1. The van der Waals surface area contributed by atoms with Gasteiger partial charge in [-0.2, -0.15) is 0 Å². The van der Waals surface area contributed by atoms with Crippen LogP contribution in [0.1, 0.15) is 36.4 Å². The molecule has 27 heavy (non-hydrogen) atoms. The van der Waals surface area contributed by atoms with Crippen molar-refractivity contribution < 1.29 is 4.79 Å². The monoisotopic (exact) mass is 363 g/mol. The average molecular weight is 364 g/mol. The first-order chi connectivity index (χ1) is 13.3. The minimum Gasteiger partial charge on any atom is -0.338 e. The molecule has 1 unspecified atom stereocenters. The lowest BCUT2D eigenvalue weighted by Crippen LogP contribution is -2.54. The molecule has 0 bridgehead atoms. The molecule has 0 spiro atoms. The van der Waals surface area contributed by atoms with E-state index >= 15 is 0 Å². The highest BCUT2D eigenvalue weighted by atomic mass is 16.2. The molecule has 1 atom stereocenters. The van der Waals surface area contributed by atoms with Crippen molar-refractivity contribution in [2.75, 3.05) is 26.2 Å². The fraction of sp³-hybridized carbons (Fsp3) is 0.435. The van der Waals surface area contributed by atoms with Crippen LogP contribution in [0.4, 0.5) is 4.79 Å². The van der Waals surface area contributed by atoms with Crippen molar-refractivity contribution in [2.45, 2.75) is 37.8 Å². The van der Waals surface area contributed by atoms with Gasteiger partial charge in [-0.3, -0.25) is 4.90 Å². The van der Waals surface area contributed by atoms with Crippen molar-refractivity contribution in [1.29, 1.82) is 0 Å². The summed E-state index contributed by atoms with van der Waals surface area (Å²) in [5.74, 6) is 0. The number of amides is 2. The number of aryl methyl sites for hydroxylation is 1. The van der Waals surface area contributed by atoms with Crippen LogP contribution >= 0.6 is 0 Å². The zero-order valence-corrected chi connectivity index (χ0v) is 15.9. The Hall–Kier alpha value is -2.33. The summed E-state index contributed by atoms with van der Waals surface area (Å²) in [5.41, 5.74) is 2.56. The molecular formula is C23H29N3O. The molecule has 4 rings (SSSR count). The predicted molar refractivity (Wildman–Crippen MR) is 109 cm³/mol. The Morgan fingerprint density at radius 1 is 0.963 bits per heavy atom. The van der Waals surface area contributed by atoms with Gasteiger partial charge in [-0.25, -0.2) is 4.79 Å². The van der Waals surface area contributed by atoms with Crippen LogP contribution in [-0.4, -0.2) is 48.1 Å². The van der Waals surface area contributed by atoms with Crippen LogP contribution in [0.3, 0.4) is 0 Å². The molecule has 2 amide bonds. The maximum absolute atomic E-state index is 12.9. The number of nitrogens with zero attached hydrogens (tertiary/aromatic N) is 2. The van der Waals surface area contributed by atoms with Crippen molar-refractivity contribution in [1.82, 2.24) is 15.1 Å². The van der Waals surface area contributed by atoms with Crippen molar-refractivity contribution in [2.24, 2.45) is 0 Å². The van der Waals surface area contributed by atoms with Crippen LogP contribution < -0.4 is 5.32 Å². The number of hydrogen-bond acceptors (Lipinski definition) is 2. The van der Waals surface area contributed by atoms with Gasteiger partial charge in [-0.15, -0.1) is 0 Å². The largest absolute Gasteiger partial charge is 0.338 e. The first-order valence-electron chi connectivity index (χ1n) is 10.2. The zero-order chi connectivity index (χ0) is 18.5. The summed E-state index contributed by atoms with van der Waals surface area (Å²) in [4.78, 5) is 17.5. The Balaban J connectivity index is 1.34. The van der Waals surface area contributed by atoms with E-state index in [4.69, 9.17) is 0 Å². The van der Waals surface area contributed by atoms with E-state index in [1.165, 1.54) is 24.0 Å². The molecule has 2 aromatic carbocycles. The van der Waals surface area contributed by atoms with Gasteiger partial charge >= 0.3 is 6.03 Å². The third-order valence-electron chi connectivity index (χ3n) is 5.68. The van der Waals surface area contributed by atoms with E-state index in [0.29, 0.717) is 0 Å². The highest BCUT2D eigenvalue weighted by Gasteiger charge is 2.37. The quantitative estimate of drug-likeness (QED) is 0.791. The fourth-order valence-electron chi connectivity index (χ4n) is 4.01. The van der Waals surface area contributed by atoms with E-state index in [2.05, 4.69) is 58.7 Å². The van der Waals surface area contributed by atoms with Gasteiger partial charge in [0.2, 0.25) is 0 Å². The van der Waals surface area contributed by atoms with Crippen molar-refractivity contribution in [3.63, 3.8) is 0 Å². The van der Waals surface area contributed by atoms with Crippen LogP contribution in [0, 0.1) is 0 Å². The lowest BCUT2D eigenvalue weighted by molar-refractivity contribution is 0.0892. The molecule has 1 aliphatic carbocycles. The lowest BCUT2D eigenvalue weighted by Gasteiger charge is -2.41. The Morgan fingerprint density at radius 2 is 1.67 bits per heavy atom. The van der Waals surface area contributed by atoms with Gasteiger partial charge in [0.1, 0.15) is 0 Å². The highest BCUT2D eigenvalue weighted by molar-refractivity contribution is 5.75. The van der Waals surface area contributed by atoms with E-state index in [-0.39, 0.29) is 12.1 Å². The van der Waals surface area contributed by atoms with Crippen LogP contribution in [0.15, 0.2) is 60.7 Å². The molecule has 2 fully saturated rings. The predicted octanol–water partition coefficient (Wildman–Crippen LogP) is 3.85. The van der Waals surface area contributed by atoms with Gasteiger partial charge in [0, 0.05) is 32.2 Å². The number of nitrogens with one attached hydrogen (secondary N) is 1. The summed E-state index contributed by atoms with van der Waals surface area (Å²) in [6.07, 6.45) is 4.59. The molecule has 1 saturated heterocycles. The molecule has 4 heteroatoms. The molecule has 4 nitrogen and oxygen atoms in total. The summed E-state index contributed by atoms with van der Waals surface area (Å²) in [6, 6.07) is 21.9. The van der Waals surface area contributed by atoms with Gasteiger partial charge in [-0.05, 0) is 36.8 Å². The molecule has 1 heterocycles. The summed E-state index contributed by atoms with van der Waals surface area (Å²) in [6.45, 7) is 3.47. The number of carbonyl (C=O) groups is 1. The number of benzene rings is 2. The summed E-state index contributed by atoms with van der Waals surface area (Å²) in [5, 5.41) is 3.15. The number of urea groups is 1. The van der Waals surface area contributed by atoms with Gasteiger partial charge in [0.05, 0.1) is 6.04 Å². The minimum absolute atomic E-state index is 0.0763. The van der Waals surface area contributed by atoms with E-state index in [1.54, 1.807) is 0 Å². The standard InChI is InChI=1S/C23H29N3O/c27-23(24-15-7-10-19-8-3-1-4-9-19)26-17-16-25(21-13-14-21)18-22(26)20-11-5-2-6-12-20/h1-6,8-9,11-12,21-22H,7,10,13-18H2,(H,24,27). The topological polar surface area (TPSA) is 35.6 Å². The van der Waals surface area contributed by atoms with Gasteiger partial charge < -0.3 is 10.2 Å². The van der Waals surface area contributed by atoms with E-state index in [1.807, 2.05) is 17.0 Å². The summed E-state index contributed by atoms with van der Waals surface area (Å²) >= 11 is 0. The van der Waals surface area contributed by atoms with Crippen LogP contribution in [0.2, 0.25) is 0 Å². The molecule has 2 aliphatic rings. The highest BCUT2D eigenvalue weighted by Crippen LogP contribution is 2.33. The smallest absolute Gasteiger partial charge is 0.318 e. The molecule has 1 N–H and O–H groups in total. The molecular weight excluding hydrogens is 334 g/mol. The van der Waals surface area contributed by atoms with Crippen molar-refractivity contribution in [3.8, 4) is 0 Å². The maximum atomic E-state index is 12.9. The molecule has 1 saturated carbocycles. The second kappa shape index (κ2) is 8.57. The average Bonchev–Trinajstić information content (AvgIpc) is 3.57. The number of carbonyl (C=O) groups excluding carboxylic acids is 1. The van der Waals surface area contributed by atoms with E-state index in [0.717, 1.165) is 45.1 Å². The summed E-state index contributed by atoms with van der Waals surface area (Å²) < 4.78 is 0. The molecule has 142 valence electrons. The van der Waals surface area contributed by atoms with E-state index in [9.17, 15) is 4.79 Å². The summed E-state index contributed by atoms with van der Waals surface area (Å²) in [7, 11) is 0. The third kappa shape index (κ3) is 4.69. The van der Waals surface area contributed by atoms with Gasteiger partial charge in [-0.1, -0.05) is 60.7 Å². The number of rotatable bonds is 6. The minimum atomic E-state index is 0.0763.